The largest absolute Gasteiger partial charge is 0.177 e. The van der Waals surface area contributed by atoms with Gasteiger partial charge in [0.25, 0.3) is 0 Å². The Morgan fingerprint density at radius 3 is 1.39 bits per heavy atom. The van der Waals surface area contributed by atoms with Crippen LogP contribution < -0.4 is 10.6 Å². The van der Waals surface area contributed by atoms with E-state index in [0.717, 1.165) is 6.16 Å². The smallest absolute Gasteiger partial charge is 0.152 e. The fourth-order valence-electron chi connectivity index (χ4n) is 3.13. The molecule has 0 aliphatic rings. The number of benzene rings is 3. The molecule has 0 aromatic heterocycles. The minimum atomic E-state index is -1.66. The van der Waals surface area contributed by atoms with E-state index >= 15 is 0 Å². The third kappa shape index (κ3) is 3.22. The summed E-state index contributed by atoms with van der Waals surface area (Å²) in [5.74, 6) is 0. The lowest BCUT2D eigenvalue weighted by molar-refractivity contribution is 0.671. The van der Waals surface area contributed by atoms with Crippen molar-refractivity contribution in [1.29, 1.82) is 0 Å². The van der Waals surface area contributed by atoms with Gasteiger partial charge in [0.05, 0.1) is 0 Å². The average molecular weight is 320 g/mol. The molecule has 3 rings (SSSR count). The second-order valence-electron chi connectivity index (χ2n) is 5.93. The molecule has 0 unspecified atom stereocenters. The molecular formula is C21H23NP+. The van der Waals surface area contributed by atoms with E-state index in [9.17, 15) is 0 Å². The third-order valence-electron chi connectivity index (χ3n) is 4.30. The number of hydrogen-bond donors (Lipinski definition) is 0. The Balaban J connectivity index is 2.19. The van der Waals surface area contributed by atoms with E-state index < -0.39 is 7.41 Å². The molecule has 0 spiro atoms. The molecule has 0 radical (unpaired) electrons. The van der Waals surface area contributed by atoms with Crippen LogP contribution in [-0.2, 0) is 6.16 Å². The van der Waals surface area contributed by atoms with E-state index in [4.69, 9.17) is 0 Å². The first-order valence-corrected chi connectivity index (χ1v) is 9.87. The summed E-state index contributed by atoms with van der Waals surface area (Å²) in [6.45, 7) is 0. The lowest BCUT2D eigenvalue weighted by Crippen LogP contribution is -2.34. The molecule has 0 bridgehead atoms. The van der Waals surface area contributed by atoms with Crippen molar-refractivity contribution < 1.29 is 0 Å². The van der Waals surface area contributed by atoms with Crippen molar-refractivity contribution in [2.75, 3.05) is 14.1 Å². The molecule has 0 amide bonds. The zero-order chi connectivity index (χ0) is 16.1. The van der Waals surface area contributed by atoms with Crippen LogP contribution in [0, 0.1) is 0 Å². The lowest BCUT2D eigenvalue weighted by atomic mass is 10.2. The molecular weight excluding hydrogens is 297 g/mol. The third-order valence-corrected chi connectivity index (χ3v) is 8.80. The Morgan fingerprint density at radius 1 is 0.609 bits per heavy atom. The van der Waals surface area contributed by atoms with Crippen LogP contribution in [0.15, 0.2) is 91.0 Å². The van der Waals surface area contributed by atoms with Crippen molar-refractivity contribution in [3.8, 4) is 0 Å². The van der Waals surface area contributed by atoms with Crippen LogP contribution in [0.5, 0.6) is 0 Å². The van der Waals surface area contributed by atoms with Gasteiger partial charge in [0.1, 0.15) is 16.8 Å². The Labute approximate surface area is 140 Å². The molecule has 0 aliphatic carbocycles. The van der Waals surface area contributed by atoms with Gasteiger partial charge >= 0.3 is 0 Å². The highest BCUT2D eigenvalue weighted by Crippen LogP contribution is 2.60. The molecule has 23 heavy (non-hydrogen) atoms. The molecule has 0 aliphatic heterocycles. The van der Waals surface area contributed by atoms with Crippen LogP contribution in [0.2, 0.25) is 0 Å². The summed E-state index contributed by atoms with van der Waals surface area (Å²) in [6.07, 6.45) is 1.05. The summed E-state index contributed by atoms with van der Waals surface area (Å²) >= 11 is 0. The van der Waals surface area contributed by atoms with E-state index in [1.54, 1.807) is 0 Å². The van der Waals surface area contributed by atoms with Gasteiger partial charge in [-0.1, -0.05) is 66.7 Å². The molecule has 0 atom stereocenters. The molecule has 0 heterocycles. The number of hydrogen-bond acceptors (Lipinski definition) is 1. The molecule has 2 heteroatoms. The van der Waals surface area contributed by atoms with Crippen molar-refractivity contribution >= 4 is 18.0 Å². The maximum absolute atomic E-state index is 2.45. The maximum atomic E-state index is 2.45. The molecule has 0 saturated carbocycles. The van der Waals surface area contributed by atoms with E-state index in [2.05, 4.69) is 110 Å². The van der Waals surface area contributed by atoms with E-state index in [-0.39, 0.29) is 0 Å². The molecule has 1 nitrogen and oxygen atoms in total. The monoisotopic (exact) mass is 320 g/mol. The van der Waals surface area contributed by atoms with E-state index in [1.165, 1.54) is 16.2 Å². The number of nitrogens with zero attached hydrogens (tertiary/aromatic N) is 1. The summed E-state index contributed by atoms with van der Waals surface area (Å²) in [5, 5.41) is 2.86. The highest BCUT2D eigenvalue weighted by atomic mass is 31.2. The molecule has 3 aromatic rings. The zero-order valence-corrected chi connectivity index (χ0v) is 14.7. The Bertz CT molecular complexity index is 684. The van der Waals surface area contributed by atoms with Crippen LogP contribution in [0.4, 0.5) is 0 Å². The average Bonchev–Trinajstić information content (AvgIpc) is 2.62. The van der Waals surface area contributed by atoms with Gasteiger partial charge in [-0.15, -0.1) is 0 Å². The molecule has 0 saturated heterocycles. The minimum absolute atomic E-state index is 1.05. The van der Waals surface area contributed by atoms with Crippen LogP contribution in [-0.4, -0.2) is 18.8 Å². The fraction of sp³-hybridized carbons (Fsp3) is 0.143. The summed E-state index contributed by atoms with van der Waals surface area (Å²) < 4.78 is 2.45. The van der Waals surface area contributed by atoms with E-state index in [1.807, 2.05) is 0 Å². The molecule has 3 aromatic carbocycles. The van der Waals surface area contributed by atoms with Crippen molar-refractivity contribution in [2.24, 2.45) is 0 Å². The standard InChI is InChI=1S/C21H23NP/c1-22(2)23(20-14-8-4-9-15-20,21-16-10-5-11-17-21)18-19-12-6-3-7-13-19/h3-17H,18H2,1-2H3/q+1. The Morgan fingerprint density at radius 2 is 1.00 bits per heavy atom. The summed E-state index contributed by atoms with van der Waals surface area (Å²) in [6, 6.07) is 32.8. The van der Waals surface area contributed by atoms with Gasteiger partial charge in [-0.3, -0.25) is 0 Å². The zero-order valence-electron chi connectivity index (χ0n) is 13.8. The van der Waals surface area contributed by atoms with Crippen molar-refractivity contribution in [3.05, 3.63) is 96.6 Å². The van der Waals surface area contributed by atoms with Crippen LogP contribution in [0.25, 0.3) is 0 Å². The van der Waals surface area contributed by atoms with Crippen LogP contribution in [0.1, 0.15) is 5.56 Å². The second-order valence-corrected chi connectivity index (χ2v) is 9.62. The predicted molar refractivity (Wildman–Crippen MR) is 103 cm³/mol. The molecule has 116 valence electrons. The maximum Gasteiger partial charge on any atom is 0.152 e. The highest BCUT2D eigenvalue weighted by Gasteiger charge is 2.45. The van der Waals surface area contributed by atoms with Crippen LogP contribution in [0.3, 0.4) is 0 Å². The summed E-state index contributed by atoms with van der Waals surface area (Å²) in [4.78, 5) is 0. The first-order chi connectivity index (χ1) is 11.2. The minimum Gasteiger partial charge on any atom is -0.177 e. The van der Waals surface area contributed by atoms with Gasteiger partial charge in [-0.2, -0.15) is 4.67 Å². The molecule has 0 fully saturated rings. The summed E-state index contributed by atoms with van der Waals surface area (Å²) in [7, 11) is 2.78. The Hall–Kier alpha value is -1.95. The Kier molecular flexibility index (Phi) is 4.91. The van der Waals surface area contributed by atoms with Crippen LogP contribution >= 0.6 is 7.41 Å². The van der Waals surface area contributed by atoms with E-state index in [0.29, 0.717) is 0 Å². The topological polar surface area (TPSA) is 3.24 Å². The molecule has 0 N–H and O–H groups in total. The van der Waals surface area contributed by atoms with Gasteiger partial charge < -0.3 is 0 Å². The summed E-state index contributed by atoms with van der Waals surface area (Å²) in [5.41, 5.74) is 1.39. The van der Waals surface area contributed by atoms with Crippen molar-refractivity contribution in [2.45, 2.75) is 6.16 Å². The lowest BCUT2D eigenvalue weighted by Gasteiger charge is -2.32. The normalized spacial score (nSPS) is 11.6. The second kappa shape index (κ2) is 7.08. The van der Waals surface area contributed by atoms with Gasteiger partial charge in [0, 0.05) is 14.1 Å². The SMILES string of the molecule is CN(C)[P+](Cc1ccccc1)(c1ccccc1)c1ccccc1. The van der Waals surface area contributed by atoms with Crippen molar-refractivity contribution in [3.63, 3.8) is 0 Å². The van der Waals surface area contributed by atoms with Gasteiger partial charge in [0.15, 0.2) is 7.41 Å². The quantitative estimate of drug-likeness (QED) is 0.632. The van der Waals surface area contributed by atoms with Gasteiger partial charge in [-0.05, 0) is 29.8 Å². The fourth-order valence-corrected chi connectivity index (χ4v) is 7.07. The van der Waals surface area contributed by atoms with Gasteiger partial charge in [0.2, 0.25) is 0 Å². The number of rotatable bonds is 5. The van der Waals surface area contributed by atoms with Crippen molar-refractivity contribution in [1.82, 2.24) is 4.67 Å². The first-order valence-electron chi connectivity index (χ1n) is 7.94. The highest BCUT2D eigenvalue weighted by molar-refractivity contribution is 7.86. The predicted octanol–water partition coefficient (Wildman–Crippen LogP) is 4.33. The first kappa shape index (κ1) is 15.9. The van der Waals surface area contributed by atoms with Gasteiger partial charge in [-0.25, -0.2) is 0 Å².